The monoisotopic (exact) mass is 307 g/mol. The van der Waals surface area contributed by atoms with Gasteiger partial charge in [0.25, 0.3) is 0 Å². The summed E-state index contributed by atoms with van der Waals surface area (Å²) in [6.07, 6.45) is 5.52. The molecule has 4 nitrogen and oxygen atoms in total. The maximum atomic E-state index is 12.5. The molecule has 3 rings (SSSR count). The minimum atomic E-state index is -3.25. The predicted molar refractivity (Wildman–Crippen MR) is 83.2 cm³/mol. The number of anilines is 1. The van der Waals surface area contributed by atoms with E-state index in [0.717, 1.165) is 36.9 Å². The van der Waals surface area contributed by atoms with Crippen LogP contribution in [0.1, 0.15) is 37.7 Å². The molecule has 1 amide bonds. The summed E-state index contributed by atoms with van der Waals surface area (Å²) in [5, 5.41) is -0.272. The SMILES string of the molecule is O=C(CS(=O)(=O)C1CC1)N1CCCCCc2ccccc21. The number of fused-ring (bicyclic) bond motifs is 1. The number of nitrogens with zero attached hydrogens (tertiary/aromatic N) is 1. The van der Waals surface area contributed by atoms with Crippen molar-refractivity contribution in [1.82, 2.24) is 0 Å². The van der Waals surface area contributed by atoms with Crippen LogP contribution in [0.2, 0.25) is 0 Å². The molecule has 0 bridgehead atoms. The van der Waals surface area contributed by atoms with Crippen molar-refractivity contribution >= 4 is 21.4 Å². The first-order chi connectivity index (χ1) is 10.1. The largest absolute Gasteiger partial charge is 0.311 e. The maximum absolute atomic E-state index is 12.5. The second-order valence-corrected chi connectivity index (χ2v) is 8.27. The Morgan fingerprint density at radius 2 is 1.90 bits per heavy atom. The summed E-state index contributed by atoms with van der Waals surface area (Å²) in [4.78, 5) is 14.2. The molecule has 1 aliphatic carbocycles. The van der Waals surface area contributed by atoms with Crippen LogP contribution in [0.25, 0.3) is 0 Å². The molecule has 114 valence electrons. The highest BCUT2D eigenvalue weighted by Crippen LogP contribution is 2.30. The van der Waals surface area contributed by atoms with Crippen LogP contribution in [-0.2, 0) is 21.1 Å². The minimum Gasteiger partial charge on any atom is -0.311 e. The molecule has 0 spiro atoms. The summed E-state index contributed by atoms with van der Waals surface area (Å²) in [6.45, 7) is 0.621. The first kappa shape index (κ1) is 14.6. The van der Waals surface area contributed by atoms with Gasteiger partial charge in [-0.25, -0.2) is 8.42 Å². The van der Waals surface area contributed by atoms with Gasteiger partial charge in [-0.05, 0) is 43.7 Å². The Bertz CT molecular complexity index is 635. The third-order valence-corrected chi connectivity index (χ3v) is 6.40. The number of hydrogen-bond donors (Lipinski definition) is 0. The second-order valence-electron chi connectivity index (χ2n) is 5.99. The number of amides is 1. The quantitative estimate of drug-likeness (QED) is 0.861. The first-order valence-electron chi connectivity index (χ1n) is 7.68. The zero-order chi connectivity index (χ0) is 14.9. The molecule has 0 aromatic heterocycles. The number of rotatable bonds is 3. The molecule has 5 heteroatoms. The average Bonchev–Trinajstić information content (AvgIpc) is 3.23. The first-order valence-corrected chi connectivity index (χ1v) is 9.39. The van der Waals surface area contributed by atoms with Crippen molar-refractivity contribution in [3.8, 4) is 0 Å². The van der Waals surface area contributed by atoms with Gasteiger partial charge < -0.3 is 4.90 Å². The van der Waals surface area contributed by atoms with E-state index in [1.165, 1.54) is 0 Å². The van der Waals surface area contributed by atoms with Gasteiger partial charge in [-0.15, -0.1) is 0 Å². The summed E-state index contributed by atoms with van der Waals surface area (Å²) < 4.78 is 24.1. The highest BCUT2D eigenvalue weighted by atomic mass is 32.2. The van der Waals surface area contributed by atoms with Gasteiger partial charge in [0.15, 0.2) is 9.84 Å². The fraction of sp³-hybridized carbons (Fsp3) is 0.562. The van der Waals surface area contributed by atoms with Crippen LogP contribution in [-0.4, -0.2) is 31.9 Å². The van der Waals surface area contributed by atoms with Crippen LogP contribution in [0, 0.1) is 0 Å². The van der Waals surface area contributed by atoms with Crippen molar-refractivity contribution in [3.05, 3.63) is 29.8 Å². The van der Waals surface area contributed by atoms with E-state index in [9.17, 15) is 13.2 Å². The lowest BCUT2D eigenvalue weighted by atomic mass is 10.0. The molecule has 1 heterocycles. The Kier molecular flexibility index (Phi) is 4.02. The van der Waals surface area contributed by atoms with Gasteiger partial charge in [-0.2, -0.15) is 0 Å². The zero-order valence-electron chi connectivity index (χ0n) is 12.1. The minimum absolute atomic E-state index is 0.267. The molecule has 0 saturated heterocycles. The van der Waals surface area contributed by atoms with E-state index in [0.29, 0.717) is 19.4 Å². The van der Waals surface area contributed by atoms with Crippen LogP contribution in [0.15, 0.2) is 24.3 Å². The van der Waals surface area contributed by atoms with Gasteiger partial charge in [-0.1, -0.05) is 24.6 Å². The average molecular weight is 307 g/mol. The number of carbonyl (C=O) groups excluding carboxylic acids is 1. The Balaban J connectivity index is 1.84. The molecule has 21 heavy (non-hydrogen) atoms. The van der Waals surface area contributed by atoms with E-state index in [-0.39, 0.29) is 16.9 Å². The van der Waals surface area contributed by atoms with E-state index >= 15 is 0 Å². The third kappa shape index (κ3) is 3.28. The van der Waals surface area contributed by atoms with Gasteiger partial charge in [0.2, 0.25) is 5.91 Å². The Labute approximate surface area is 126 Å². The summed E-state index contributed by atoms with van der Waals surface area (Å²) in [7, 11) is -3.25. The summed E-state index contributed by atoms with van der Waals surface area (Å²) >= 11 is 0. The molecule has 2 aliphatic rings. The molecule has 1 aliphatic heterocycles. The van der Waals surface area contributed by atoms with Crippen molar-refractivity contribution in [1.29, 1.82) is 0 Å². The van der Waals surface area contributed by atoms with Crippen molar-refractivity contribution in [2.75, 3.05) is 17.2 Å². The normalized spacial score (nSPS) is 19.5. The van der Waals surface area contributed by atoms with Crippen molar-refractivity contribution in [2.24, 2.45) is 0 Å². The Hall–Kier alpha value is -1.36. The molecule has 0 radical (unpaired) electrons. The lowest BCUT2D eigenvalue weighted by molar-refractivity contribution is -0.116. The van der Waals surface area contributed by atoms with Crippen molar-refractivity contribution in [2.45, 2.75) is 43.8 Å². The van der Waals surface area contributed by atoms with Crippen LogP contribution < -0.4 is 4.90 Å². The smallest absolute Gasteiger partial charge is 0.242 e. The zero-order valence-corrected chi connectivity index (χ0v) is 12.9. The molecule has 1 aromatic carbocycles. The Morgan fingerprint density at radius 1 is 1.14 bits per heavy atom. The molecular formula is C16H21NO3S. The highest BCUT2D eigenvalue weighted by molar-refractivity contribution is 7.93. The predicted octanol–water partition coefficient (Wildman–Crippen LogP) is 2.32. The standard InChI is InChI=1S/C16H21NO3S/c18-16(12-21(19,20)14-9-10-14)17-11-5-1-2-6-13-7-3-4-8-15(13)17/h3-4,7-8,14H,1-2,5-6,9-12H2. The molecule has 0 atom stereocenters. The molecular weight excluding hydrogens is 286 g/mol. The van der Waals surface area contributed by atoms with Gasteiger partial charge >= 0.3 is 0 Å². The molecule has 1 aromatic rings. The number of sulfone groups is 1. The number of hydrogen-bond acceptors (Lipinski definition) is 3. The maximum Gasteiger partial charge on any atom is 0.242 e. The van der Waals surface area contributed by atoms with Gasteiger partial charge in [0.05, 0.1) is 5.25 Å². The topological polar surface area (TPSA) is 54.5 Å². The van der Waals surface area contributed by atoms with Gasteiger partial charge in [0, 0.05) is 12.2 Å². The second kappa shape index (κ2) is 5.79. The van der Waals surface area contributed by atoms with Crippen LogP contribution in [0.5, 0.6) is 0 Å². The van der Waals surface area contributed by atoms with Crippen LogP contribution in [0.3, 0.4) is 0 Å². The molecule has 1 fully saturated rings. The van der Waals surface area contributed by atoms with Gasteiger partial charge in [0.1, 0.15) is 5.75 Å². The summed E-state index contributed by atoms with van der Waals surface area (Å²) in [5.74, 6) is -0.609. The summed E-state index contributed by atoms with van der Waals surface area (Å²) in [6, 6.07) is 7.86. The fourth-order valence-corrected chi connectivity index (χ4v) is 4.51. The molecule has 0 N–H and O–H groups in total. The van der Waals surface area contributed by atoms with E-state index in [1.54, 1.807) is 4.90 Å². The van der Waals surface area contributed by atoms with Gasteiger partial charge in [-0.3, -0.25) is 4.79 Å². The number of para-hydroxylation sites is 1. The number of aryl methyl sites for hydroxylation is 1. The van der Waals surface area contributed by atoms with Crippen LogP contribution in [0.4, 0.5) is 5.69 Å². The number of carbonyl (C=O) groups is 1. The van der Waals surface area contributed by atoms with Crippen molar-refractivity contribution < 1.29 is 13.2 Å². The highest BCUT2D eigenvalue weighted by Gasteiger charge is 2.38. The van der Waals surface area contributed by atoms with E-state index in [2.05, 4.69) is 0 Å². The van der Waals surface area contributed by atoms with E-state index in [4.69, 9.17) is 0 Å². The third-order valence-electron chi connectivity index (χ3n) is 4.27. The van der Waals surface area contributed by atoms with Crippen LogP contribution >= 0.6 is 0 Å². The number of benzene rings is 1. The fourth-order valence-electron chi connectivity index (χ4n) is 2.92. The summed E-state index contributed by atoms with van der Waals surface area (Å²) in [5.41, 5.74) is 2.04. The van der Waals surface area contributed by atoms with E-state index in [1.807, 2.05) is 24.3 Å². The van der Waals surface area contributed by atoms with E-state index < -0.39 is 9.84 Å². The Morgan fingerprint density at radius 3 is 2.67 bits per heavy atom. The molecule has 0 unspecified atom stereocenters. The lowest BCUT2D eigenvalue weighted by Crippen LogP contribution is -2.38. The van der Waals surface area contributed by atoms with Crippen molar-refractivity contribution in [3.63, 3.8) is 0 Å². The molecule has 1 saturated carbocycles. The lowest BCUT2D eigenvalue weighted by Gasteiger charge is -2.27.